The van der Waals surface area contributed by atoms with Gasteiger partial charge in [0, 0.05) is 52.4 Å². The number of amides is 2. The first kappa shape index (κ1) is 19.7. The SMILES string of the molecule is CCCCNC(=O)N(CCN1CCNCC1)CC1=CCC2CC1C2(C)C. The summed E-state index contributed by atoms with van der Waals surface area (Å²) in [6.45, 7) is 14.7. The molecular weight excluding hydrogens is 324 g/mol. The molecule has 2 bridgehead atoms. The standard InChI is InChI=1S/C21H38N4O/c1-4-5-8-23-20(26)25(14-13-24-11-9-22-10-12-24)16-17-6-7-18-15-19(17)21(18,2)3/h6,18-19,22H,4-5,7-16H2,1-3H3,(H,23,26). The van der Waals surface area contributed by atoms with Crippen LogP contribution in [-0.2, 0) is 0 Å². The van der Waals surface area contributed by atoms with E-state index in [9.17, 15) is 4.79 Å². The van der Waals surface area contributed by atoms with Gasteiger partial charge in [-0.05, 0) is 36.5 Å². The van der Waals surface area contributed by atoms with Gasteiger partial charge in [0.1, 0.15) is 0 Å². The van der Waals surface area contributed by atoms with Gasteiger partial charge in [-0.3, -0.25) is 4.90 Å². The van der Waals surface area contributed by atoms with Gasteiger partial charge in [0.05, 0.1) is 0 Å². The number of fused-ring (bicyclic) bond motifs is 1. The lowest BCUT2D eigenvalue weighted by Crippen LogP contribution is -2.52. The zero-order chi connectivity index (χ0) is 18.6. The van der Waals surface area contributed by atoms with Gasteiger partial charge in [0.15, 0.2) is 0 Å². The van der Waals surface area contributed by atoms with Gasteiger partial charge >= 0.3 is 6.03 Å². The lowest BCUT2D eigenvalue weighted by molar-refractivity contribution is -0.00978. The zero-order valence-corrected chi connectivity index (χ0v) is 17.0. The van der Waals surface area contributed by atoms with Crippen molar-refractivity contribution in [3.05, 3.63) is 11.6 Å². The van der Waals surface area contributed by atoms with E-state index in [1.54, 1.807) is 0 Å². The Bertz CT molecular complexity index is 510. The Balaban J connectivity index is 1.58. The highest BCUT2D eigenvalue weighted by Gasteiger charge is 2.51. The van der Waals surface area contributed by atoms with Crippen LogP contribution in [0.1, 0.15) is 46.5 Å². The van der Waals surface area contributed by atoms with E-state index in [1.807, 2.05) is 0 Å². The second-order valence-electron chi connectivity index (χ2n) is 8.92. The Kier molecular flexibility index (Phi) is 6.62. The molecule has 1 saturated heterocycles. The molecule has 148 valence electrons. The largest absolute Gasteiger partial charge is 0.338 e. The molecule has 26 heavy (non-hydrogen) atoms. The molecule has 4 rings (SSSR count). The van der Waals surface area contributed by atoms with Crippen LogP contribution in [-0.4, -0.2) is 68.2 Å². The number of hydrogen-bond donors (Lipinski definition) is 2. The van der Waals surface area contributed by atoms with Crippen molar-refractivity contribution in [2.24, 2.45) is 17.3 Å². The summed E-state index contributed by atoms with van der Waals surface area (Å²) in [6.07, 6.45) is 7.12. The van der Waals surface area contributed by atoms with Crippen LogP contribution in [0.15, 0.2) is 11.6 Å². The summed E-state index contributed by atoms with van der Waals surface area (Å²) in [4.78, 5) is 17.3. The summed E-state index contributed by atoms with van der Waals surface area (Å²) in [5, 5.41) is 6.54. The Morgan fingerprint density at radius 2 is 2.15 bits per heavy atom. The van der Waals surface area contributed by atoms with Crippen LogP contribution < -0.4 is 10.6 Å². The summed E-state index contributed by atoms with van der Waals surface area (Å²) >= 11 is 0. The van der Waals surface area contributed by atoms with Gasteiger partial charge in [0.2, 0.25) is 0 Å². The van der Waals surface area contributed by atoms with E-state index < -0.39 is 0 Å². The van der Waals surface area contributed by atoms with E-state index in [0.717, 1.165) is 71.1 Å². The van der Waals surface area contributed by atoms with E-state index in [0.29, 0.717) is 11.3 Å². The van der Waals surface area contributed by atoms with E-state index >= 15 is 0 Å². The summed E-state index contributed by atoms with van der Waals surface area (Å²) in [7, 11) is 0. The van der Waals surface area contributed by atoms with Crippen LogP contribution >= 0.6 is 0 Å². The minimum Gasteiger partial charge on any atom is -0.338 e. The maximum absolute atomic E-state index is 12.8. The van der Waals surface area contributed by atoms with Crippen LogP contribution in [0.25, 0.3) is 0 Å². The van der Waals surface area contributed by atoms with Gasteiger partial charge in [-0.15, -0.1) is 0 Å². The van der Waals surface area contributed by atoms with Crippen LogP contribution in [0.4, 0.5) is 4.79 Å². The summed E-state index contributed by atoms with van der Waals surface area (Å²) < 4.78 is 0. The maximum Gasteiger partial charge on any atom is 0.317 e. The minimum atomic E-state index is 0.119. The fourth-order valence-electron chi connectivity index (χ4n) is 4.81. The molecule has 1 heterocycles. The summed E-state index contributed by atoms with van der Waals surface area (Å²) in [5.74, 6) is 1.52. The average Bonchev–Trinajstić information content (AvgIpc) is 2.66. The number of nitrogens with zero attached hydrogens (tertiary/aromatic N) is 2. The molecule has 2 fully saturated rings. The summed E-state index contributed by atoms with van der Waals surface area (Å²) in [5.41, 5.74) is 1.93. The molecule has 1 saturated carbocycles. The van der Waals surface area contributed by atoms with Crippen molar-refractivity contribution in [1.29, 1.82) is 0 Å². The molecule has 0 aromatic rings. The number of urea groups is 1. The third kappa shape index (κ3) is 4.42. The lowest BCUT2D eigenvalue weighted by Gasteiger charge is -2.57. The molecular formula is C21H38N4O. The zero-order valence-electron chi connectivity index (χ0n) is 17.0. The van der Waals surface area contributed by atoms with Crippen LogP contribution in [0, 0.1) is 17.3 Å². The smallest absolute Gasteiger partial charge is 0.317 e. The first-order chi connectivity index (χ1) is 12.5. The van der Waals surface area contributed by atoms with E-state index in [-0.39, 0.29) is 6.03 Å². The van der Waals surface area contributed by atoms with Gasteiger partial charge < -0.3 is 15.5 Å². The van der Waals surface area contributed by atoms with Crippen molar-refractivity contribution < 1.29 is 4.79 Å². The second kappa shape index (κ2) is 8.75. The van der Waals surface area contributed by atoms with Gasteiger partial charge in [-0.2, -0.15) is 0 Å². The van der Waals surface area contributed by atoms with Gasteiger partial charge in [0.25, 0.3) is 0 Å². The monoisotopic (exact) mass is 362 g/mol. The first-order valence-corrected chi connectivity index (χ1v) is 10.7. The topological polar surface area (TPSA) is 47.6 Å². The fraction of sp³-hybridized carbons (Fsp3) is 0.857. The van der Waals surface area contributed by atoms with Crippen LogP contribution in [0.2, 0.25) is 0 Å². The van der Waals surface area contributed by atoms with E-state index in [1.165, 1.54) is 18.4 Å². The van der Waals surface area contributed by atoms with Crippen molar-refractivity contribution in [3.8, 4) is 0 Å². The number of carbonyl (C=O) groups is 1. The molecule has 3 aliphatic carbocycles. The Labute approximate surface area is 159 Å². The predicted octanol–water partition coefficient (Wildman–Crippen LogP) is 2.70. The lowest BCUT2D eigenvalue weighted by atomic mass is 9.49. The Morgan fingerprint density at radius 1 is 1.38 bits per heavy atom. The van der Waals surface area contributed by atoms with Crippen LogP contribution in [0.5, 0.6) is 0 Å². The number of unbranched alkanes of at least 4 members (excludes halogenated alkanes) is 1. The molecule has 2 amide bonds. The summed E-state index contributed by atoms with van der Waals surface area (Å²) in [6, 6.07) is 0.119. The predicted molar refractivity (Wildman–Crippen MR) is 107 cm³/mol. The van der Waals surface area contributed by atoms with Crippen molar-refractivity contribution in [1.82, 2.24) is 20.4 Å². The van der Waals surface area contributed by atoms with Crippen molar-refractivity contribution in [3.63, 3.8) is 0 Å². The third-order valence-electron chi connectivity index (χ3n) is 6.95. The number of carbonyl (C=O) groups excluding carboxylic acids is 1. The fourth-order valence-corrected chi connectivity index (χ4v) is 4.81. The van der Waals surface area contributed by atoms with Crippen LogP contribution in [0.3, 0.4) is 0 Å². The molecule has 1 aliphatic heterocycles. The minimum absolute atomic E-state index is 0.119. The average molecular weight is 363 g/mol. The molecule has 0 spiro atoms. The second-order valence-corrected chi connectivity index (χ2v) is 8.92. The van der Waals surface area contributed by atoms with Crippen molar-refractivity contribution in [2.45, 2.75) is 46.5 Å². The van der Waals surface area contributed by atoms with Gasteiger partial charge in [-0.25, -0.2) is 4.79 Å². The highest BCUT2D eigenvalue weighted by Crippen LogP contribution is 2.59. The number of allylic oxidation sites excluding steroid dienone is 1. The molecule has 4 aliphatic rings. The first-order valence-electron chi connectivity index (χ1n) is 10.7. The number of hydrogen-bond acceptors (Lipinski definition) is 3. The molecule has 2 unspecified atom stereocenters. The molecule has 2 atom stereocenters. The van der Waals surface area contributed by atoms with E-state index in [2.05, 4.69) is 47.3 Å². The Hall–Kier alpha value is -1.07. The highest BCUT2D eigenvalue weighted by molar-refractivity contribution is 5.74. The number of nitrogens with one attached hydrogen (secondary N) is 2. The number of rotatable bonds is 8. The van der Waals surface area contributed by atoms with Gasteiger partial charge in [-0.1, -0.05) is 38.8 Å². The quantitative estimate of drug-likeness (QED) is 0.515. The number of piperazine rings is 1. The van der Waals surface area contributed by atoms with Crippen molar-refractivity contribution in [2.75, 3.05) is 52.4 Å². The molecule has 2 N–H and O–H groups in total. The molecule has 5 heteroatoms. The van der Waals surface area contributed by atoms with Crippen molar-refractivity contribution >= 4 is 6.03 Å². The molecule has 5 nitrogen and oxygen atoms in total. The molecule has 0 aromatic carbocycles. The normalized spacial score (nSPS) is 27.4. The molecule has 0 radical (unpaired) electrons. The van der Waals surface area contributed by atoms with E-state index in [4.69, 9.17) is 0 Å². The molecule has 0 aromatic heterocycles. The third-order valence-corrected chi connectivity index (χ3v) is 6.95. The highest BCUT2D eigenvalue weighted by atomic mass is 16.2. The maximum atomic E-state index is 12.8. The Morgan fingerprint density at radius 3 is 2.81 bits per heavy atom.